The molecular weight excluding hydrogens is 158 g/mol. The molecule has 0 radical (unpaired) electrons. The molecule has 0 spiro atoms. The lowest BCUT2D eigenvalue weighted by molar-refractivity contribution is 0.352. The van der Waals surface area contributed by atoms with Crippen molar-refractivity contribution >= 4 is 0 Å². The summed E-state index contributed by atoms with van der Waals surface area (Å²) in [5, 5.41) is 3.61. The first-order valence-electron chi connectivity index (χ1n) is 5.64. The van der Waals surface area contributed by atoms with Gasteiger partial charge in [-0.15, -0.1) is 0 Å². The highest BCUT2D eigenvalue weighted by molar-refractivity contribution is 4.89. The first-order valence-corrected chi connectivity index (χ1v) is 5.64. The van der Waals surface area contributed by atoms with Gasteiger partial charge < -0.3 is 5.32 Å². The molecule has 1 saturated carbocycles. The molecule has 1 heteroatoms. The van der Waals surface area contributed by atoms with Gasteiger partial charge in [0.1, 0.15) is 0 Å². The van der Waals surface area contributed by atoms with E-state index in [1.54, 1.807) is 0 Å². The molecule has 1 nitrogen and oxygen atoms in total. The summed E-state index contributed by atoms with van der Waals surface area (Å²) in [4.78, 5) is 0. The molecule has 13 heavy (non-hydrogen) atoms. The van der Waals surface area contributed by atoms with Crippen LogP contribution >= 0.6 is 0 Å². The number of allylic oxidation sites excluding steroid dienone is 1. The summed E-state index contributed by atoms with van der Waals surface area (Å²) in [6.07, 6.45) is 8.46. The van der Waals surface area contributed by atoms with Crippen LogP contribution in [-0.4, -0.2) is 12.6 Å². The lowest BCUT2D eigenvalue weighted by Crippen LogP contribution is -2.32. The van der Waals surface area contributed by atoms with Crippen LogP contribution in [0.5, 0.6) is 0 Å². The minimum absolute atomic E-state index is 0.765. The van der Waals surface area contributed by atoms with Crippen molar-refractivity contribution in [2.45, 2.75) is 46.1 Å². The summed E-state index contributed by atoms with van der Waals surface area (Å²) in [5.41, 5.74) is 0. The Labute approximate surface area is 82.6 Å². The second kappa shape index (κ2) is 5.43. The SMILES string of the molecule is C/C=C/CNC1CCC(CC)C1C. The van der Waals surface area contributed by atoms with Crippen molar-refractivity contribution in [3.8, 4) is 0 Å². The summed E-state index contributed by atoms with van der Waals surface area (Å²) < 4.78 is 0. The summed E-state index contributed by atoms with van der Waals surface area (Å²) in [5.74, 6) is 1.83. The van der Waals surface area contributed by atoms with E-state index in [0.717, 1.165) is 24.4 Å². The van der Waals surface area contributed by atoms with E-state index in [-0.39, 0.29) is 0 Å². The van der Waals surface area contributed by atoms with Crippen molar-refractivity contribution in [3.63, 3.8) is 0 Å². The topological polar surface area (TPSA) is 12.0 Å². The highest BCUT2D eigenvalue weighted by atomic mass is 14.9. The van der Waals surface area contributed by atoms with Gasteiger partial charge in [-0.2, -0.15) is 0 Å². The molecule has 1 aliphatic carbocycles. The predicted molar refractivity (Wildman–Crippen MR) is 58.8 cm³/mol. The third kappa shape index (κ3) is 2.84. The van der Waals surface area contributed by atoms with Gasteiger partial charge >= 0.3 is 0 Å². The normalized spacial score (nSPS) is 34.5. The van der Waals surface area contributed by atoms with E-state index in [2.05, 4.69) is 38.2 Å². The Morgan fingerprint density at radius 3 is 2.69 bits per heavy atom. The number of hydrogen-bond donors (Lipinski definition) is 1. The average Bonchev–Trinajstić information content (AvgIpc) is 2.48. The lowest BCUT2D eigenvalue weighted by atomic mass is 9.93. The van der Waals surface area contributed by atoms with Crippen molar-refractivity contribution in [1.82, 2.24) is 5.32 Å². The monoisotopic (exact) mass is 181 g/mol. The lowest BCUT2D eigenvalue weighted by Gasteiger charge is -2.20. The molecule has 1 N–H and O–H groups in total. The second-order valence-electron chi connectivity index (χ2n) is 4.19. The maximum atomic E-state index is 3.61. The van der Waals surface area contributed by atoms with Gasteiger partial charge in [-0.3, -0.25) is 0 Å². The van der Waals surface area contributed by atoms with Crippen LogP contribution in [0.25, 0.3) is 0 Å². The minimum atomic E-state index is 0.765. The summed E-state index contributed by atoms with van der Waals surface area (Å²) >= 11 is 0. The van der Waals surface area contributed by atoms with Gasteiger partial charge in [-0.05, 0) is 31.6 Å². The summed E-state index contributed by atoms with van der Waals surface area (Å²) in [7, 11) is 0. The van der Waals surface area contributed by atoms with Gasteiger partial charge in [0.05, 0.1) is 0 Å². The zero-order chi connectivity index (χ0) is 9.68. The molecule has 3 atom stereocenters. The highest BCUT2D eigenvalue weighted by Crippen LogP contribution is 2.33. The predicted octanol–water partition coefficient (Wildman–Crippen LogP) is 2.98. The van der Waals surface area contributed by atoms with Gasteiger partial charge in [0.25, 0.3) is 0 Å². The van der Waals surface area contributed by atoms with E-state index < -0.39 is 0 Å². The number of rotatable bonds is 4. The van der Waals surface area contributed by atoms with E-state index in [9.17, 15) is 0 Å². The molecule has 0 aromatic carbocycles. The van der Waals surface area contributed by atoms with Crippen molar-refractivity contribution in [2.24, 2.45) is 11.8 Å². The molecule has 0 saturated heterocycles. The summed E-state index contributed by atoms with van der Waals surface area (Å²) in [6, 6.07) is 0.765. The maximum absolute atomic E-state index is 3.61. The molecule has 0 aromatic rings. The Morgan fingerprint density at radius 2 is 2.15 bits per heavy atom. The van der Waals surface area contributed by atoms with Crippen molar-refractivity contribution in [1.29, 1.82) is 0 Å². The summed E-state index contributed by atoms with van der Waals surface area (Å²) in [6.45, 7) is 7.83. The molecule has 0 aliphatic heterocycles. The van der Waals surface area contributed by atoms with Gasteiger partial charge in [-0.25, -0.2) is 0 Å². The van der Waals surface area contributed by atoms with Gasteiger partial charge in [0.2, 0.25) is 0 Å². The molecule has 1 fully saturated rings. The Kier molecular flexibility index (Phi) is 4.51. The standard InChI is InChI=1S/C12H23N/c1-4-6-9-13-12-8-7-11(5-2)10(12)3/h4,6,10-13H,5,7-9H2,1-3H3/b6-4+. The van der Waals surface area contributed by atoms with Crippen LogP contribution in [0.15, 0.2) is 12.2 Å². The second-order valence-corrected chi connectivity index (χ2v) is 4.19. The van der Waals surface area contributed by atoms with E-state index in [1.807, 2.05) is 0 Å². The van der Waals surface area contributed by atoms with Gasteiger partial charge in [0.15, 0.2) is 0 Å². The molecule has 3 unspecified atom stereocenters. The molecule has 1 aliphatic rings. The largest absolute Gasteiger partial charge is 0.310 e. The fraction of sp³-hybridized carbons (Fsp3) is 0.833. The minimum Gasteiger partial charge on any atom is -0.310 e. The number of nitrogens with one attached hydrogen (secondary N) is 1. The van der Waals surface area contributed by atoms with Crippen LogP contribution in [-0.2, 0) is 0 Å². The van der Waals surface area contributed by atoms with E-state index in [4.69, 9.17) is 0 Å². The maximum Gasteiger partial charge on any atom is 0.0137 e. The third-order valence-corrected chi connectivity index (χ3v) is 3.48. The fourth-order valence-electron chi connectivity index (χ4n) is 2.45. The van der Waals surface area contributed by atoms with Crippen molar-refractivity contribution in [2.75, 3.05) is 6.54 Å². The van der Waals surface area contributed by atoms with Gasteiger partial charge in [-0.1, -0.05) is 32.4 Å². The molecule has 0 heterocycles. The Morgan fingerprint density at radius 1 is 1.38 bits per heavy atom. The highest BCUT2D eigenvalue weighted by Gasteiger charge is 2.30. The Hall–Kier alpha value is -0.300. The van der Waals surface area contributed by atoms with E-state index >= 15 is 0 Å². The molecular formula is C12H23N. The van der Waals surface area contributed by atoms with E-state index in [1.165, 1.54) is 19.3 Å². The first kappa shape index (κ1) is 10.8. The smallest absolute Gasteiger partial charge is 0.0137 e. The van der Waals surface area contributed by atoms with Crippen LogP contribution in [0.1, 0.15) is 40.0 Å². The molecule has 0 aromatic heterocycles. The van der Waals surface area contributed by atoms with E-state index in [0.29, 0.717) is 0 Å². The number of hydrogen-bond acceptors (Lipinski definition) is 1. The third-order valence-electron chi connectivity index (χ3n) is 3.48. The Bertz CT molecular complexity index is 163. The molecule has 1 rings (SSSR count). The van der Waals surface area contributed by atoms with Crippen molar-refractivity contribution in [3.05, 3.63) is 12.2 Å². The Balaban J connectivity index is 2.28. The average molecular weight is 181 g/mol. The van der Waals surface area contributed by atoms with Crippen molar-refractivity contribution < 1.29 is 0 Å². The zero-order valence-electron chi connectivity index (χ0n) is 9.22. The van der Waals surface area contributed by atoms with Crippen LogP contribution < -0.4 is 5.32 Å². The van der Waals surface area contributed by atoms with Crippen LogP contribution in [0.2, 0.25) is 0 Å². The van der Waals surface area contributed by atoms with Crippen LogP contribution in [0.4, 0.5) is 0 Å². The fourth-order valence-corrected chi connectivity index (χ4v) is 2.45. The van der Waals surface area contributed by atoms with Crippen LogP contribution in [0, 0.1) is 11.8 Å². The van der Waals surface area contributed by atoms with Gasteiger partial charge in [0, 0.05) is 12.6 Å². The quantitative estimate of drug-likeness (QED) is 0.657. The zero-order valence-corrected chi connectivity index (χ0v) is 9.22. The van der Waals surface area contributed by atoms with Crippen LogP contribution in [0.3, 0.4) is 0 Å². The first-order chi connectivity index (χ1) is 6.29. The molecule has 76 valence electrons. The molecule has 0 amide bonds. The molecule has 0 bridgehead atoms.